The van der Waals surface area contributed by atoms with Crippen LogP contribution in [0.1, 0.15) is 43.4 Å². The van der Waals surface area contributed by atoms with Crippen LogP contribution in [0, 0.1) is 5.41 Å². The van der Waals surface area contributed by atoms with Crippen molar-refractivity contribution in [1.82, 2.24) is 35.3 Å². The van der Waals surface area contributed by atoms with Gasteiger partial charge >= 0.3 is 5.97 Å². The highest BCUT2D eigenvalue weighted by atomic mass is 16.7. The lowest BCUT2D eigenvalue weighted by atomic mass is 9.98. The molecule has 1 aromatic carbocycles. The molecule has 0 aliphatic rings. The summed E-state index contributed by atoms with van der Waals surface area (Å²) in [6.45, 7) is 7.98. The standard InChI is InChI=1S/C28H33N7O2/c1-28(2,3)27(36)37-31-17-14-22-10-12-26(13-11-22)35-21-25(32-33-35)20-34(18-23-8-4-6-15-29-23)19-24-9-5-7-16-30-24/h4-13,15-16,21,31H,14,17-20H2,1-3H3. The number of rotatable bonds is 11. The first kappa shape index (κ1) is 26.1. The van der Waals surface area contributed by atoms with E-state index >= 15 is 0 Å². The number of pyridine rings is 2. The van der Waals surface area contributed by atoms with Gasteiger partial charge in [0.05, 0.1) is 34.4 Å². The van der Waals surface area contributed by atoms with Crippen LogP contribution in [0.5, 0.6) is 0 Å². The summed E-state index contributed by atoms with van der Waals surface area (Å²) in [6, 6.07) is 20.0. The quantitative estimate of drug-likeness (QED) is 0.245. The number of aromatic nitrogens is 5. The van der Waals surface area contributed by atoms with Gasteiger partial charge in [-0.2, -0.15) is 5.48 Å². The van der Waals surface area contributed by atoms with Gasteiger partial charge in [-0.15, -0.1) is 5.10 Å². The van der Waals surface area contributed by atoms with Gasteiger partial charge in [-0.25, -0.2) is 9.48 Å². The van der Waals surface area contributed by atoms with Crippen molar-refractivity contribution in [3.8, 4) is 5.69 Å². The zero-order valence-corrected chi connectivity index (χ0v) is 21.5. The van der Waals surface area contributed by atoms with Gasteiger partial charge in [0.15, 0.2) is 0 Å². The minimum absolute atomic E-state index is 0.275. The van der Waals surface area contributed by atoms with Crippen molar-refractivity contribution in [3.63, 3.8) is 0 Å². The Morgan fingerprint density at radius 2 is 1.51 bits per heavy atom. The molecule has 0 spiro atoms. The molecular weight excluding hydrogens is 466 g/mol. The normalized spacial score (nSPS) is 11.6. The molecule has 0 aliphatic carbocycles. The van der Waals surface area contributed by atoms with Gasteiger partial charge in [0.2, 0.25) is 0 Å². The number of hydrogen-bond donors (Lipinski definition) is 1. The summed E-state index contributed by atoms with van der Waals surface area (Å²) in [5.74, 6) is -0.275. The van der Waals surface area contributed by atoms with Gasteiger partial charge in [0.25, 0.3) is 0 Å². The van der Waals surface area contributed by atoms with Gasteiger partial charge in [-0.1, -0.05) is 29.5 Å². The number of carbonyl (C=O) groups is 1. The van der Waals surface area contributed by atoms with E-state index in [1.807, 2.05) is 100 Å². The third-order valence-electron chi connectivity index (χ3n) is 5.64. The van der Waals surface area contributed by atoms with E-state index in [0.29, 0.717) is 26.2 Å². The number of carbonyl (C=O) groups excluding carboxylic acids is 1. The monoisotopic (exact) mass is 499 g/mol. The average Bonchev–Trinajstić information content (AvgIpc) is 3.36. The number of nitrogens with one attached hydrogen (secondary N) is 1. The molecule has 0 saturated heterocycles. The highest BCUT2D eigenvalue weighted by Gasteiger charge is 2.23. The summed E-state index contributed by atoms with van der Waals surface area (Å²) in [5, 5.41) is 8.75. The molecule has 0 bridgehead atoms. The van der Waals surface area contributed by atoms with Gasteiger partial charge in [0.1, 0.15) is 0 Å². The summed E-state index contributed by atoms with van der Waals surface area (Å²) in [7, 11) is 0. The Morgan fingerprint density at radius 3 is 2.08 bits per heavy atom. The van der Waals surface area contributed by atoms with Crippen LogP contribution in [0.25, 0.3) is 5.69 Å². The lowest BCUT2D eigenvalue weighted by Crippen LogP contribution is -2.30. The van der Waals surface area contributed by atoms with Crippen LogP contribution in [0.4, 0.5) is 0 Å². The molecule has 3 aromatic heterocycles. The summed E-state index contributed by atoms with van der Waals surface area (Å²) in [6.07, 6.45) is 6.30. The molecule has 0 saturated carbocycles. The molecule has 0 amide bonds. The first-order valence-corrected chi connectivity index (χ1v) is 12.3. The average molecular weight is 500 g/mol. The van der Waals surface area contributed by atoms with Crippen LogP contribution in [-0.2, 0) is 35.7 Å². The van der Waals surface area contributed by atoms with Crippen molar-refractivity contribution in [2.24, 2.45) is 5.41 Å². The van der Waals surface area contributed by atoms with Crippen molar-refractivity contribution >= 4 is 5.97 Å². The van der Waals surface area contributed by atoms with E-state index in [9.17, 15) is 4.79 Å². The molecule has 0 aliphatic heterocycles. The molecule has 4 rings (SSSR count). The summed E-state index contributed by atoms with van der Waals surface area (Å²) >= 11 is 0. The molecule has 1 N–H and O–H groups in total. The minimum atomic E-state index is -0.529. The second-order valence-corrected chi connectivity index (χ2v) is 9.89. The fourth-order valence-corrected chi connectivity index (χ4v) is 3.62. The van der Waals surface area contributed by atoms with Crippen LogP contribution in [0.3, 0.4) is 0 Å². The van der Waals surface area contributed by atoms with Crippen molar-refractivity contribution in [2.75, 3.05) is 6.54 Å². The Hall–Kier alpha value is -3.95. The number of nitrogens with zero attached hydrogens (tertiary/aromatic N) is 6. The van der Waals surface area contributed by atoms with Crippen LogP contribution < -0.4 is 5.48 Å². The Balaban J connectivity index is 1.35. The van der Waals surface area contributed by atoms with Gasteiger partial charge in [-0.3, -0.25) is 14.9 Å². The third kappa shape index (κ3) is 8.03. The molecule has 0 atom stereocenters. The van der Waals surface area contributed by atoms with Crippen LogP contribution in [-0.4, -0.2) is 42.4 Å². The maximum absolute atomic E-state index is 11.8. The largest absolute Gasteiger partial charge is 0.370 e. The molecule has 9 nitrogen and oxygen atoms in total. The number of hydrogen-bond acceptors (Lipinski definition) is 8. The predicted molar refractivity (Wildman–Crippen MR) is 140 cm³/mol. The Labute approximate surface area is 217 Å². The smallest absolute Gasteiger partial charge is 0.329 e. The molecule has 37 heavy (non-hydrogen) atoms. The second kappa shape index (κ2) is 12.3. The molecule has 0 radical (unpaired) electrons. The maximum Gasteiger partial charge on any atom is 0.329 e. The molecule has 0 fully saturated rings. The zero-order valence-electron chi connectivity index (χ0n) is 21.5. The first-order valence-electron chi connectivity index (χ1n) is 12.3. The summed E-state index contributed by atoms with van der Waals surface area (Å²) < 4.78 is 1.78. The highest BCUT2D eigenvalue weighted by Crippen LogP contribution is 2.15. The minimum Gasteiger partial charge on any atom is -0.370 e. The van der Waals surface area contributed by atoms with Crippen molar-refractivity contribution in [2.45, 2.75) is 46.8 Å². The van der Waals surface area contributed by atoms with Crippen LogP contribution in [0.2, 0.25) is 0 Å². The summed E-state index contributed by atoms with van der Waals surface area (Å²) in [5.41, 5.74) is 7.12. The molecule has 192 valence electrons. The maximum atomic E-state index is 11.8. The fraction of sp³-hybridized carbons (Fsp3) is 0.321. The van der Waals surface area contributed by atoms with Gasteiger partial charge in [0, 0.05) is 38.6 Å². The number of hydroxylamine groups is 1. The predicted octanol–water partition coefficient (Wildman–Crippen LogP) is 3.90. The fourth-order valence-electron chi connectivity index (χ4n) is 3.62. The topological polar surface area (TPSA) is 98.1 Å². The zero-order chi connectivity index (χ0) is 26.1. The van der Waals surface area contributed by atoms with E-state index in [2.05, 4.69) is 30.7 Å². The molecular formula is C28H33N7O2. The molecule has 9 heteroatoms. The van der Waals surface area contributed by atoms with Crippen LogP contribution in [0.15, 0.2) is 79.3 Å². The lowest BCUT2D eigenvalue weighted by molar-refractivity contribution is -0.160. The van der Waals surface area contributed by atoms with Gasteiger partial charge < -0.3 is 4.84 Å². The summed E-state index contributed by atoms with van der Waals surface area (Å²) in [4.78, 5) is 28.1. The second-order valence-electron chi connectivity index (χ2n) is 9.89. The van der Waals surface area contributed by atoms with E-state index < -0.39 is 5.41 Å². The van der Waals surface area contributed by atoms with E-state index in [-0.39, 0.29) is 5.97 Å². The van der Waals surface area contributed by atoms with E-state index in [0.717, 1.165) is 34.8 Å². The van der Waals surface area contributed by atoms with Gasteiger partial charge in [-0.05, 0) is 69.2 Å². The lowest BCUT2D eigenvalue weighted by Gasteiger charge is -2.20. The third-order valence-corrected chi connectivity index (χ3v) is 5.64. The van der Waals surface area contributed by atoms with E-state index in [4.69, 9.17) is 4.84 Å². The highest BCUT2D eigenvalue weighted by molar-refractivity contribution is 5.75. The van der Waals surface area contributed by atoms with Crippen LogP contribution >= 0.6 is 0 Å². The number of benzene rings is 1. The Kier molecular flexibility index (Phi) is 8.71. The van der Waals surface area contributed by atoms with Crippen molar-refractivity contribution < 1.29 is 9.63 Å². The Bertz CT molecular complexity index is 1210. The molecule has 3 heterocycles. The van der Waals surface area contributed by atoms with Crippen molar-refractivity contribution in [3.05, 3.63) is 102 Å². The van der Waals surface area contributed by atoms with E-state index in [1.54, 1.807) is 4.68 Å². The molecule has 4 aromatic rings. The first-order chi connectivity index (χ1) is 17.9. The van der Waals surface area contributed by atoms with E-state index in [1.165, 1.54) is 0 Å². The van der Waals surface area contributed by atoms with Crippen molar-refractivity contribution in [1.29, 1.82) is 0 Å². The Morgan fingerprint density at radius 1 is 0.892 bits per heavy atom. The SMILES string of the molecule is CC(C)(C)C(=O)ONCCc1ccc(-n2cc(CN(Cc3ccccn3)Cc3ccccn3)nn2)cc1. The molecule has 0 unspecified atom stereocenters.